The first-order valence-corrected chi connectivity index (χ1v) is 5.04. The molecule has 0 aromatic rings. The van der Waals surface area contributed by atoms with E-state index < -0.39 is 6.10 Å². The molecule has 0 radical (unpaired) electrons. The highest BCUT2D eigenvalue weighted by molar-refractivity contribution is 5.80. The van der Waals surface area contributed by atoms with Crippen LogP contribution in [-0.4, -0.2) is 61.9 Å². The minimum Gasteiger partial charge on any atom is -0.360 e. The number of nitrogens with zero attached hydrogens (tertiary/aromatic N) is 2. The molecule has 1 fully saturated rings. The van der Waals surface area contributed by atoms with Gasteiger partial charge in [-0.15, -0.1) is 0 Å². The Morgan fingerprint density at radius 3 is 2.67 bits per heavy atom. The molecule has 1 heterocycles. The Morgan fingerprint density at radius 2 is 2.20 bits per heavy atom. The molecular formula is C10H20N2O3. The number of hydrogen-bond donors (Lipinski definition) is 0. The van der Waals surface area contributed by atoms with Crippen molar-refractivity contribution in [2.45, 2.75) is 25.6 Å². The number of likely N-dealkylation sites (N-methyl/N-ethyl adjacent to an activating group) is 2. The van der Waals surface area contributed by atoms with E-state index in [9.17, 15) is 4.79 Å². The van der Waals surface area contributed by atoms with Crippen LogP contribution in [0.5, 0.6) is 0 Å². The van der Waals surface area contributed by atoms with Crippen molar-refractivity contribution < 1.29 is 14.4 Å². The molecule has 1 atom stereocenters. The second-order valence-electron chi connectivity index (χ2n) is 4.58. The van der Waals surface area contributed by atoms with Gasteiger partial charge in [-0.2, -0.15) is 0 Å². The summed E-state index contributed by atoms with van der Waals surface area (Å²) in [5.41, 5.74) is -0.290. The highest BCUT2D eigenvalue weighted by Crippen LogP contribution is 2.20. The number of carbonyl (C=O) groups excluding carboxylic acids is 1. The van der Waals surface area contributed by atoms with E-state index in [0.29, 0.717) is 6.54 Å². The molecule has 0 saturated carbocycles. The minimum atomic E-state index is -0.441. The van der Waals surface area contributed by atoms with Crippen LogP contribution in [0.1, 0.15) is 13.8 Å². The van der Waals surface area contributed by atoms with Crippen molar-refractivity contribution in [1.29, 1.82) is 0 Å². The molecular weight excluding hydrogens is 196 g/mol. The Balaban J connectivity index is 2.66. The molecule has 0 bridgehead atoms. The first-order chi connectivity index (χ1) is 6.85. The lowest BCUT2D eigenvalue weighted by Gasteiger charge is -2.41. The lowest BCUT2D eigenvalue weighted by atomic mass is 10.1. The fraction of sp³-hybridized carbons (Fsp3) is 0.900. The number of rotatable bonds is 2. The van der Waals surface area contributed by atoms with Crippen molar-refractivity contribution in [3.8, 4) is 0 Å². The van der Waals surface area contributed by atoms with Crippen molar-refractivity contribution in [3.63, 3.8) is 0 Å². The first kappa shape index (κ1) is 12.4. The van der Waals surface area contributed by atoms with Gasteiger partial charge in [-0.1, -0.05) is 0 Å². The highest BCUT2D eigenvalue weighted by atomic mass is 16.7. The van der Waals surface area contributed by atoms with Crippen LogP contribution in [0.25, 0.3) is 0 Å². The van der Waals surface area contributed by atoms with Crippen molar-refractivity contribution >= 4 is 5.91 Å². The van der Waals surface area contributed by atoms with Gasteiger partial charge in [0.2, 0.25) is 0 Å². The molecule has 5 nitrogen and oxygen atoms in total. The van der Waals surface area contributed by atoms with Gasteiger partial charge in [0, 0.05) is 20.1 Å². The molecule has 5 heteroatoms. The summed E-state index contributed by atoms with van der Waals surface area (Å²) in [6.07, 6.45) is -0.441. The monoisotopic (exact) mass is 216 g/mol. The van der Waals surface area contributed by atoms with Crippen LogP contribution in [0.4, 0.5) is 0 Å². The zero-order valence-corrected chi connectivity index (χ0v) is 10.1. The number of carbonyl (C=O) groups is 1. The molecule has 1 rings (SSSR count). The van der Waals surface area contributed by atoms with Crippen LogP contribution >= 0.6 is 0 Å². The Bertz CT molecular complexity index is 243. The third-order valence-corrected chi connectivity index (χ3v) is 2.45. The zero-order valence-electron chi connectivity index (χ0n) is 10.1. The van der Waals surface area contributed by atoms with E-state index in [4.69, 9.17) is 9.57 Å². The quantitative estimate of drug-likeness (QED) is 0.615. The lowest BCUT2D eigenvalue weighted by molar-refractivity contribution is -0.199. The molecule has 1 saturated heterocycles. The molecule has 0 unspecified atom stereocenters. The highest BCUT2D eigenvalue weighted by Gasteiger charge is 2.36. The maximum Gasteiger partial charge on any atom is 0.276 e. The van der Waals surface area contributed by atoms with Gasteiger partial charge in [0.1, 0.15) is 0 Å². The minimum absolute atomic E-state index is 0.142. The van der Waals surface area contributed by atoms with Crippen molar-refractivity contribution in [3.05, 3.63) is 0 Å². The third-order valence-electron chi connectivity index (χ3n) is 2.45. The molecule has 1 amide bonds. The fourth-order valence-corrected chi connectivity index (χ4v) is 1.88. The normalized spacial score (nSPS) is 26.3. The van der Waals surface area contributed by atoms with Crippen molar-refractivity contribution in [2.24, 2.45) is 0 Å². The Kier molecular flexibility index (Phi) is 3.70. The topological polar surface area (TPSA) is 42.0 Å². The van der Waals surface area contributed by atoms with Crippen LogP contribution in [0.3, 0.4) is 0 Å². The summed E-state index contributed by atoms with van der Waals surface area (Å²) in [6, 6.07) is 0. The van der Waals surface area contributed by atoms with Crippen molar-refractivity contribution in [1.82, 2.24) is 9.96 Å². The van der Waals surface area contributed by atoms with E-state index in [1.54, 1.807) is 7.05 Å². The molecule has 0 aromatic heterocycles. The SMILES string of the molecule is CON(C)C(=O)[C@@H]1CN(C)CC(C)(C)O1. The van der Waals surface area contributed by atoms with Crippen LogP contribution in [-0.2, 0) is 14.4 Å². The molecule has 1 aliphatic heterocycles. The predicted molar refractivity (Wildman–Crippen MR) is 56.2 cm³/mol. The Morgan fingerprint density at radius 1 is 1.60 bits per heavy atom. The van der Waals surface area contributed by atoms with E-state index in [2.05, 4.69) is 4.90 Å². The largest absolute Gasteiger partial charge is 0.360 e. The van der Waals surface area contributed by atoms with E-state index in [0.717, 1.165) is 6.54 Å². The summed E-state index contributed by atoms with van der Waals surface area (Å²) in [5, 5.41) is 1.21. The second kappa shape index (κ2) is 4.47. The van der Waals surface area contributed by atoms with Gasteiger partial charge in [-0.25, -0.2) is 5.06 Å². The third kappa shape index (κ3) is 3.15. The summed E-state index contributed by atoms with van der Waals surface area (Å²) in [5.74, 6) is -0.142. The van der Waals surface area contributed by atoms with Crippen molar-refractivity contribution in [2.75, 3.05) is 34.3 Å². The molecule has 0 N–H and O–H groups in total. The van der Waals surface area contributed by atoms with Gasteiger partial charge in [0.25, 0.3) is 5.91 Å². The zero-order chi connectivity index (χ0) is 11.6. The maximum atomic E-state index is 11.8. The average Bonchev–Trinajstić information content (AvgIpc) is 2.12. The molecule has 0 spiro atoms. The van der Waals surface area contributed by atoms with Gasteiger partial charge < -0.3 is 9.64 Å². The van der Waals surface area contributed by atoms with Gasteiger partial charge in [-0.3, -0.25) is 9.63 Å². The van der Waals surface area contributed by atoms with Crippen LogP contribution < -0.4 is 0 Å². The van der Waals surface area contributed by atoms with Gasteiger partial charge in [0.15, 0.2) is 6.10 Å². The van der Waals surface area contributed by atoms with E-state index >= 15 is 0 Å². The van der Waals surface area contributed by atoms with Gasteiger partial charge >= 0.3 is 0 Å². The predicted octanol–water partition coefficient (Wildman–Crippen LogP) is 0.115. The number of ether oxygens (including phenoxy) is 1. The number of hydrogen-bond acceptors (Lipinski definition) is 4. The lowest BCUT2D eigenvalue weighted by Crippen LogP contribution is -2.56. The maximum absolute atomic E-state index is 11.8. The second-order valence-corrected chi connectivity index (χ2v) is 4.58. The average molecular weight is 216 g/mol. The summed E-state index contributed by atoms with van der Waals surface area (Å²) in [4.78, 5) is 18.8. The Labute approximate surface area is 90.9 Å². The van der Waals surface area contributed by atoms with E-state index in [-0.39, 0.29) is 11.5 Å². The molecule has 0 aliphatic carbocycles. The number of amides is 1. The van der Waals surface area contributed by atoms with Crippen LogP contribution in [0, 0.1) is 0 Å². The molecule has 1 aliphatic rings. The van der Waals surface area contributed by atoms with Crippen LogP contribution in [0.15, 0.2) is 0 Å². The van der Waals surface area contributed by atoms with Gasteiger partial charge in [0.05, 0.1) is 12.7 Å². The molecule has 15 heavy (non-hydrogen) atoms. The standard InChI is InChI=1S/C10H20N2O3/c1-10(2)7-11(3)6-8(15-10)9(13)12(4)14-5/h8H,6-7H2,1-5H3/t8-/m0/s1. The summed E-state index contributed by atoms with van der Waals surface area (Å²) < 4.78 is 5.72. The summed E-state index contributed by atoms with van der Waals surface area (Å²) in [6.45, 7) is 5.40. The van der Waals surface area contributed by atoms with Gasteiger partial charge in [-0.05, 0) is 20.9 Å². The number of morpholine rings is 1. The van der Waals surface area contributed by atoms with Crippen LogP contribution in [0.2, 0.25) is 0 Å². The first-order valence-electron chi connectivity index (χ1n) is 5.04. The summed E-state index contributed by atoms with van der Waals surface area (Å²) >= 11 is 0. The van der Waals surface area contributed by atoms with E-state index in [1.807, 2.05) is 20.9 Å². The number of hydroxylamine groups is 2. The molecule has 0 aromatic carbocycles. The fourth-order valence-electron chi connectivity index (χ4n) is 1.88. The van der Waals surface area contributed by atoms with E-state index in [1.165, 1.54) is 12.2 Å². The Hall–Kier alpha value is -0.650. The smallest absolute Gasteiger partial charge is 0.276 e. The molecule has 88 valence electrons. The summed E-state index contributed by atoms with van der Waals surface area (Å²) in [7, 11) is 5.04.